The largest absolute Gasteiger partial charge is 0.462 e. The predicted molar refractivity (Wildman–Crippen MR) is 262 cm³/mol. The van der Waals surface area contributed by atoms with E-state index in [0.29, 0.717) is 37.7 Å². The predicted octanol–water partition coefficient (Wildman–Crippen LogP) is 13.9. The van der Waals surface area contributed by atoms with E-state index >= 15 is 0 Å². The molecule has 0 radical (unpaired) electrons. The van der Waals surface area contributed by atoms with Gasteiger partial charge in [-0.15, -0.1) is 23.2 Å². The van der Waals surface area contributed by atoms with Gasteiger partial charge in [-0.2, -0.15) is 0 Å². The van der Waals surface area contributed by atoms with Crippen LogP contribution in [0.15, 0.2) is 48.6 Å². The van der Waals surface area contributed by atoms with Gasteiger partial charge in [-0.25, -0.2) is 0 Å². The number of anilines is 1. The minimum absolute atomic E-state index is 0.174. The summed E-state index contributed by atoms with van der Waals surface area (Å²) in [6, 6.07) is 6.85. The van der Waals surface area contributed by atoms with Gasteiger partial charge in [0.2, 0.25) is 0 Å². The lowest BCUT2D eigenvalue weighted by Gasteiger charge is -2.23. The molecule has 0 heterocycles. The number of allylic oxidation sites excluding steroid dienone is 4. The Morgan fingerprint density at radius 2 is 0.968 bits per heavy atom. The Balaban J connectivity index is 2.49. The maximum absolute atomic E-state index is 13.0. The van der Waals surface area contributed by atoms with Crippen LogP contribution in [0.5, 0.6) is 0 Å². The number of carbonyl (C=O) groups excluding carboxylic acids is 3. The Labute approximate surface area is 388 Å². The first kappa shape index (κ1) is 57.5. The fourth-order valence-electron chi connectivity index (χ4n) is 7.34. The van der Waals surface area contributed by atoms with E-state index in [1.54, 1.807) is 0 Å². The molecule has 2 atom stereocenters. The molecule has 0 aliphatic heterocycles. The Bertz CT molecular complexity index is 1270. The topological polar surface area (TPSA) is 108 Å². The maximum Gasteiger partial charge on any atom is 0.323 e. The van der Waals surface area contributed by atoms with Crippen molar-refractivity contribution in [1.29, 1.82) is 0 Å². The summed E-state index contributed by atoms with van der Waals surface area (Å²) in [5.41, 5.74) is 8.12. The molecule has 8 nitrogen and oxygen atoms in total. The van der Waals surface area contributed by atoms with E-state index in [0.717, 1.165) is 75.5 Å². The SMILES string of the molecule is CCCCCCCC/C=C\CCCCCCCC(=O)OC[C@H](COC(=O)[C@@H](N)Cc1ccc(N(CCCl)CCCl)cc1)OC(=O)CCCCCCC/C=C\CCCCCCCC. The molecule has 0 aromatic heterocycles. The first-order valence-electron chi connectivity index (χ1n) is 24.9. The van der Waals surface area contributed by atoms with Crippen LogP contribution in [0.1, 0.15) is 199 Å². The number of rotatable bonds is 43. The van der Waals surface area contributed by atoms with E-state index in [9.17, 15) is 14.4 Å². The fourth-order valence-corrected chi connectivity index (χ4v) is 7.74. The van der Waals surface area contributed by atoms with Gasteiger partial charge in [-0.3, -0.25) is 14.4 Å². The third-order valence-electron chi connectivity index (χ3n) is 11.2. The summed E-state index contributed by atoms with van der Waals surface area (Å²) < 4.78 is 16.8. The zero-order valence-corrected chi connectivity index (χ0v) is 40.8. The minimum Gasteiger partial charge on any atom is -0.462 e. The molecule has 1 aromatic rings. The van der Waals surface area contributed by atoms with Crippen LogP contribution in [0.3, 0.4) is 0 Å². The van der Waals surface area contributed by atoms with E-state index in [4.69, 9.17) is 43.1 Å². The summed E-state index contributed by atoms with van der Waals surface area (Å²) in [6.45, 7) is 5.45. The highest BCUT2D eigenvalue weighted by Crippen LogP contribution is 2.18. The van der Waals surface area contributed by atoms with Gasteiger partial charge in [-0.1, -0.05) is 153 Å². The number of esters is 3. The summed E-state index contributed by atoms with van der Waals surface area (Å²) in [5, 5.41) is 0. The highest BCUT2D eigenvalue weighted by molar-refractivity contribution is 6.18. The van der Waals surface area contributed by atoms with Gasteiger partial charge in [0.05, 0.1) is 0 Å². The van der Waals surface area contributed by atoms with Gasteiger partial charge in [0.25, 0.3) is 0 Å². The molecule has 10 heteroatoms. The van der Waals surface area contributed by atoms with Crippen LogP contribution >= 0.6 is 23.2 Å². The number of hydrogen-bond acceptors (Lipinski definition) is 8. The van der Waals surface area contributed by atoms with Gasteiger partial charge in [0, 0.05) is 43.4 Å². The van der Waals surface area contributed by atoms with Gasteiger partial charge in [-0.05, 0) is 88.3 Å². The lowest BCUT2D eigenvalue weighted by atomic mass is 10.1. The first-order chi connectivity index (χ1) is 30.3. The first-order valence-corrected chi connectivity index (χ1v) is 25.9. The molecule has 0 amide bonds. The van der Waals surface area contributed by atoms with Gasteiger partial charge in [0.15, 0.2) is 6.10 Å². The molecule has 0 saturated carbocycles. The third-order valence-corrected chi connectivity index (χ3v) is 11.5. The van der Waals surface area contributed by atoms with Gasteiger partial charge in [0.1, 0.15) is 19.3 Å². The van der Waals surface area contributed by atoms with Crippen LogP contribution in [0, 0.1) is 0 Å². The molecule has 356 valence electrons. The van der Waals surface area contributed by atoms with Crippen molar-refractivity contribution in [2.24, 2.45) is 5.73 Å². The van der Waals surface area contributed by atoms with Crippen LogP contribution in [-0.4, -0.2) is 68.1 Å². The van der Waals surface area contributed by atoms with Crippen LogP contribution in [0.2, 0.25) is 0 Å². The smallest absolute Gasteiger partial charge is 0.323 e. The van der Waals surface area contributed by atoms with Crippen LogP contribution in [0.4, 0.5) is 5.69 Å². The number of hydrogen-bond donors (Lipinski definition) is 1. The zero-order chi connectivity index (χ0) is 45.1. The maximum atomic E-state index is 13.0. The molecule has 62 heavy (non-hydrogen) atoms. The number of benzene rings is 1. The van der Waals surface area contributed by atoms with E-state index in [1.165, 1.54) is 96.3 Å². The standard InChI is InChI=1S/C52H88Cl2N2O6/c1-3-5-7-9-11-13-15-17-19-21-23-25-27-29-31-33-50(57)60-44-48(62-51(58)34-32-30-28-26-24-22-20-18-16-14-12-10-8-6-4-2)45-61-52(59)49(55)43-46-35-37-47(38-36-46)56(41-39-53)42-40-54/h17-20,35-38,48-49H,3-16,21-34,39-45,55H2,1-2H3/b19-17-,20-18-/t48-,49+/m1/s1. The Hall–Kier alpha value is -2.55. The molecule has 0 unspecified atom stereocenters. The fraction of sp³-hybridized carbons (Fsp3) is 0.750. The van der Waals surface area contributed by atoms with Crippen molar-refractivity contribution in [2.75, 3.05) is 43.0 Å². The number of nitrogens with two attached hydrogens (primary N) is 1. The number of nitrogens with zero attached hydrogens (tertiary/aromatic N) is 1. The van der Waals surface area contributed by atoms with E-state index in [2.05, 4.69) is 43.1 Å². The molecule has 0 aliphatic rings. The number of ether oxygens (including phenoxy) is 3. The average Bonchev–Trinajstić information content (AvgIpc) is 3.27. The lowest BCUT2D eigenvalue weighted by molar-refractivity contribution is -0.167. The quantitative estimate of drug-likeness (QED) is 0.0227. The minimum atomic E-state index is -0.918. The molecule has 1 rings (SSSR count). The summed E-state index contributed by atoms with van der Waals surface area (Å²) in [5.74, 6) is -0.374. The molecule has 0 bridgehead atoms. The zero-order valence-electron chi connectivity index (χ0n) is 39.3. The molecule has 2 N–H and O–H groups in total. The van der Waals surface area contributed by atoms with Crippen molar-refractivity contribution >= 4 is 46.8 Å². The van der Waals surface area contributed by atoms with Crippen molar-refractivity contribution in [2.45, 2.75) is 212 Å². The van der Waals surface area contributed by atoms with Crippen molar-refractivity contribution in [1.82, 2.24) is 0 Å². The number of alkyl halides is 2. The molecule has 0 spiro atoms. The van der Waals surface area contributed by atoms with E-state index in [-0.39, 0.29) is 32.0 Å². The van der Waals surface area contributed by atoms with E-state index < -0.39 is 24.1 Å². The Kier molecular flexibility index (Phi) is 39.3. The Morgan fingerprint density at radius 3 is 1.42 bits per heavy atom. The second kappa shape index (κ2) is 42.4. The van der Waals surface area contributed by atoms with Crippen LogP contribution in [-0.2, 0) is 35.0 Å². The highest BCUT2D eigenvalue weighted by atomic mass is 35.5. The molecule has 1 aromatic carbocycles. The van der Waals surface area contributed by atoms with E-state index in [1.807, 2.05) is 24.3 Å². The van der Waals surface area contributed by atoms with Crippen LogP contribution < -0.4 is 10.6 Å². The van der Waals surface area contributed by atoms with Gasteiger partial charge < -0.3 is 24.8 Å². The Morgan fingerprint density at radius 1 is 0.565 bits per heavy atom. The number of halogens is 2. The summed E-state index contributed by atoms with van der Waals surface area (Å²) in [6.07, 6.45) is 39.9. The summed E-state index contributed by atoms with van der Waals surface area (Å²) in [7, 11) is 0. The highest BCUT2D eigenvalue weighted by Gasteiger charge is 2.22. The monoisotopic (exact) mass is 907 g/mol. The van der Waals surface area contributed by atoms with Crippen molar-refractivity contribution < 1.29 is 28.6 Å². The summed E-state index contributed by atoms with van der Waals surface area (Å²) in [4.78, 5) is 40.6. The molecule has 0 saturated heterocycles. The normalized spacial score (nSPS) is 12.5. The third kappa shape index (κ3) is 33.9. The average molecular weight is 908 g/mol. The molecular weight excluding hydrogens is 819 g/mol. The molecule has 0 aliphatic carbocycles. The summed E-state index contributed by atoms with van der Waals surface area (Å²) >= 11 is 11.9. The van der Waals surface area contributed by atoms with Crippen molar-refractivity contribution in [3.05, 3.63) is 54.1 Å². The van der Waals surface area contributed by atoms with Crippen molar-refractivity contribution in [3.8, 4) is 0 Å². The van der Waals surface area contributed by atoms with Crippen LogP contribution in [0.25, 0.3) is 0 Å². The molecular formula is C52H88Cl2N2O6. The number of carbonyl (C=O) groups is 3. The number of unbranched alkanes of at least 4 members (excludes halogenated alkanes) is 22. The van der Waals surface area contributed by atoms with Gasteiger partial charge >= 0.3 is 17.9 Å². The van der Waals surface area contributed by atoms with Crippen molar-refractivity contribution in [3.63, 3.8) is 0 Å². The lowest BCUT2D eigenvalue weighted by Crippen LogP contribution is -2.38. The second-order valence-electron chi connectivity index (χ2n) is 16.9. The molecule has 0 fully saturated rings. The second-order valence-corrected chi connectivity index (χ2v) is 17.7.